The smallest absolute Gasteiger partial charge is 0.261 e. The molecular weight excluding hydrogens is 478 g/mol. The van der Waals surface area contributed by atoms with Crippen LogP contribution in [-0.2, 0) is 0 Å². The number of hydrogen-bond donors (Lipinski definition) is 3. The lowest BCUT2D eigenvalue weighted by Crippen LogP contribution is -2.34. The van der Waals surface area contributed by atoms with Gasteiger partial charge in [0, 0.05) is 21.4 Å². The Morgan fingerprint density at radius 1 is 0.871 bits per heavy atom. The zero-order valence-corrected chi connectivity index (χ0v) is 19.3. The summed E-state index contributed by atoms with van der Waals surface area (Å²) in [5, 5.41) is 8.59. The van der Waals surface area contributed by atoms with Gasteiger partial charge in [-0.15, -0.1) is 0 Å². The first-order chi connectivity index (χ1) is 14.9. The highest BCUT2D eigenvalue weighted by molar-refractivity contribution is 9.10. The van der Waals surface area contributed by atoms with E-state index >= 15 is 0 Å². The lowest BCUT2D eigenvalue weighted by Gasteiger charge is -2.13. The molecular formula is C23H20BrN3O3S. The van der Waals surface area contributed by atoms with Crippen LogP contribution < -0.4 is 20.7 Å². The number of hydrogen-bond acceptors (Lipinski definition) is 4. The SMILES string of the molecule is COc1ccc(Br)cc1C(=O)NC(=S)Nc1ccc(NC(=O)c2ccccc2C)cc1. The predicted octanol–water partition coefficient (Wildman–Crippen LogP) is 5.15. The van der Waals surface area contributed by atoms with E-state index in [0.717, 1.165) is 10.0 Å². The van der Waals surface area contributed by atoms with E-state index in [1.807, 2.05) is 25.1 Å². The lowest BCUT2D eigenvalue weighted by molar-refractivity contribution is 0.0973. The Morgan fingerprint density at radius 2 is 1.52 bits per heavy atom. The standard InChI is InChI=1S/C23H20BrN3O3S/c1-14-5-3-4-6-18(14)21(28)25-16-8-10-17(11-9-16)26-23(31)27-22(29)19-13-15(24)7-12-20(19)30-2/h3-13H,1-2H3,(H,25,28)(H2,26,27,29,31). The monoisotopic (exact) mass is 497 g/mol. The van der Waals surface area contributed by atoms with Crippen LogP contribution in [0.5, 0.6) is 5.75 Å². The number of carbonyl (C=O) groups is 2. The molecule has 0 aromatic heterocycles. The molecule has 0 unspecified atom stereocenters. The van der Waals surface area contributed by atoms with E-state index in [1.54, 1.807) is 48.5 Å². The third-order valence-corrected chi connectivity index (χ3v) is 5.12. The second kappa shape index (κ2) is 10.2. The van der Waals surface area contributed by atoms with E-state index in [-0.39, 0.29) is 11.0 Å². The number of methoxy groups -OCH3 is 1. The summed E-state index contributed by atoms with van der Waals surface area (Å²) in [6, 6.07) is 19.5. The Labute approximate surface area is 194 Å². The first-order valence-electron chi connectivity index (χ1n) is 9.30. The molecule has 0 bridgehead atoms. The molecule has 31 heavy (non-hydrogen) atoms. The van der Waals surface area contributed by atoms with Gasteiger partial charge < -0.3 is 15.4 Å². The normalized spacial score (nSPS) is 10.2. The Kier molecular flexibility index (Phi) is 7.38. The van der Waals surface area contributed by atoms with Crippen LogP contribution in [0.4, 0.5) is 11.4 Å². The number of thiocarbonyl (C=S) groups is 1. The minimum Gasteiger partial charge on any atom is -0.496 e. The minimum atomic E-state index is -0.391. The average Bonchev–Trinajstić information content (AvgIpc) is 2.75. The molecule has 3 N–H and O–H groups in total. The van der Waals surface area contributed by atoms with Crippen molar-refractivity contribution >= 4 is 56.4 Å². The van der Waals surface area contributed by atoms with Crippen molar-refractivity contribution in [2.75, 3.05) is 17.7 Å². The van der Waals surface area contributed by atoms with Gasteiger partial charge in [0.15, 0.2) is 5.11 Å². The molecule has 0 aliphatic heterocycles. The van der Waals surface area contributed by atoms with Crippen LogP contribution in [-0.4, -0.2) is 24.0 Å². The number of carbonyl (C=O) groups excluding carboxylic acids is 2. The van der Waals surface area contributed by atoms with E-state index < -0.39 is 5.91 Å². The van der Waals surface area contributed by atoms with E-state index in [2.05, 4.69) is 31.9 Å². The number of nitrogens with one attached hydrogen (secondary N) is 3. The van der Waals surface area contributed by atoms with Gasteiger partial charge in [0.1, 0.15) is 5.75 Å². The number of ether oxygens (including phenoxy) is 1. The Balaban J connectivity index is 1.60. The van der Waals surface area contributed by atoms with Crippen LogP contribution >= 0.6 is 28.1 Å². The number of halogens is 1. The van der Waals surface area contributed by atoms with Gasteiger partial charge in [-0.3, -0.25) is 14.9 Å². The summed E-state index contributed by atoms with van der Waals surface area (Å²) in [4.78, 5) is 24.9. The van der Waals surface area contributed by atoms with Crippen molar-refractivity contribution in [3.63, 3.8) is 0 Å². The number of anilines is 2. The fraction of sp³-hybridized carbons (Fsp3) is 0.0870. The Morgan fingerprint density at radius 3 is 2.16 bits per heavy atom. The molecule has 0 fully saturated rings. The molecule has 0 saturated carbocycles. The fourth-order valence-corrected chi connectivity index (χ4v) is 3.43. The average molecular weight is 498 g/mol. The van der Waals surface area contributed by atoms with Crippen LogP contribution in [0.2, 0.25) is 0 Å². The van der Waals surface area contributed by atoms with Crippen LogP contribution in [0.1, 0.15) is 26.3 Å². The predicted molar refractivity (Wildman–Crippen MR) is 130 cm³/mol. The van der Waals surface area contributed by atoms with E-state index in [4.69, 9.17) is 17.0 Å². The molecule has 0 saturated heterocycles. The van der Waals surface area contributed by atoms with Gasteiger partial charge in [0.25, 0.3) is 11.8 Å². The fourth-order valence-electron chi connectivity index (χ4n) is 2.85. The van der Waals surface area contributed by atoms with Crippen molar-refractivity contribution in [2.45, 2.75) is 6.92 Å². The Bertz CT molecular complexity index is 1130. The topological polar surface area (TPSA) is 79.5 Å². The summed E-state index contributed by atoms with van der Waals surface area (Å²) in [5.74, 6) is -0.125. The summed E-state index contributed by atoms with van der Waals surface area (Å²) < 4.78 is 5.98. The van der Waals surface area contributed by atoms with E-state index in [9.17, 15) is 9.59 Å². The van der Waals surface area contributed by atoms with E-state index in [1.165, 1.54) is 7.11 Å². The summed E-state index contributed by atoms with van der Waals surface area (Å²) in [7, 11) is 1.50. The van der Waals surface area contributed by atoms with Crippen LogP contribution in [0.25, 0.3) is 0 Å². The van der Waals surface area contributed by atoms with Gasteiger partial charge in [-0.25, -0.2) is 0 Å². The largest absolute Gasteiger partial charge is 0.496 e. The highest BCUT2D eigenvalue weighted by atomic mass is 79.9. The van der Waals surface area contributed by atoms with Gasteiger partial charge in [-0.2, -0.15) is 0 Å². The van der Waals surface area contributed by atoms with Crippen LogP contribution in [0, 0.1) is 6.92 Å². The van der Waals surface area contributed by atoms with Gasteiger partial charge in [0.05, 0.1) is 12.7 Å². The second-order valence-corrected chi connectivity index (χ2v) is 7.92. The second-order valence-electron chi connectivity index (χ2n) is 6.60. The lowest BCUT2D eigenvalue weighted by atomic mass is 10.1. The third kappa shape index (κ3) is 5.90. The number of aryl methyl sites for hydroxylation is 1. The number of amides is 2. The summed E-state index contributed by atoms with van der Waals surface area (Å²) in [6.45, 7) is 1.89. The molecule has 2 amide bonds. The molecule has 0 radical (unpaired) electrons. The number of benzene rings is 3. The molecule has 3 rings (SSSR count). The molecule has 0 aliphatic carbocycles. The van der Waals surface area contributed by atoms with Crippen molar-refractivity contribution < 1.29 is 14.3 Å². The van der Waals surface area contributed by atoms with Crippen LogP contribution in [0.15, 0.2) is 71.2 Å². The maximum absolute atomic E-state index is 12.5. The zero-order chi connectivity index (χ0) is 22.4. The first-order valence-corrected chi connectivity index (χ1v) is 10.5. The molecule has 0 aliphatic rings. The van der Waals surface area contributed by atoms with Crippen molar-refractivity contribution in [1.29, 1.82) is 0 Å². The van der Waals surface area contributed by atoms with Crippen molar-refractivity contribution in [1.82, 2.24) is 5.32 Å². The van der Waals surface area contributed by atoms with Gasteiger partial charge in [-0.1, -0.05) is 34.1 Å². The molecule has 0 atom stereocenters. The highest BCUT2D eigenvalue weighted by Crippen LogP contribution is 2.23. The molecule has 158 valence electrons. The first kappa shape index (κ1) is 22.5. The molecule has 8 heteroatoms. The van der Waals surface area contributed by atoms with Gasteiger partial charge >= 0.3 is 0 Å². The molecule has 0 heterocycles. The van der Waals surface area contributed by atoms with Crippen molar-refractivity contribution in [2.24, 2.45) is 0 Å². The highest BCUT2D eigenvalue weighted by Gasteiger charge is 2.14. The molecule has 3 aromatic rings. The summed E-state index contributed by atoms with van der Waals surface area (Å²) in [5.41, 5.74) is 3.20. The third-order valence-electron chi connectivity index (χ3n) is 4.42. The summed E-state index contributed by atoms with van der Waals surface area (Å²) >= 11 is 8.58. The van der Waals surface area contributed by atoms with Gasteiger partial charge in [0.2, 0.25) is 0 Å². The van der Waals surface area contributed by atoms with Crippen LogP contribution in [0.3, 0.4) is 0 Å². The maximum atomic E-state index is 12.5. The van der Waals surface area contributed by atoms with Gasteiger partial charge in [-0.05, 0) is 73.2 Å². The van der Waals surface area contributed by atoms with Crippen molar-refractivity contribution in [3.8, 4) is 5.75 Å². The minimum absolute atomic E-state index is 0.142. The molecule has 3 aromatic carbocycles. The summed E-state index contributed by atoms with van der Waals surface area (Å²) in [6.07, 6.45) is 0. The maximum Gasteiger partial charge on any atom is 0.261 e. The quantitative estimate of drug-likeness (QED) is 0.425. The molecule has 6 nitrogen and oxygen atoms in total. The van der Waals surface area contributed by atoms with Crippen molar-refractivity contribution in [3.05, 3.63) is 87.9 Å². The zero-order valence-electron chi connectivity index (χ0n) is 16.9. The molecule has 0 spiro atoms. The number of rotatable bonds is 5. The Hall–Kier alpha value is -3.23. The van der Waals surface area contributed by atoms with E-state index in [0.29, 0.717) is 28.3 Å².